The summed E-state index contributed by atoms with van der Waals surface area (Å²) < 4.78 is 5.01. The van der Waals surface area contributed by atoms with Crippen molar-refractivity contribution < 1.29 is 24.2 Å². The number of aliphatic carboxylic acids is 1. The van der Waals surface area contributed by atoms with E-state index in [4.69, 9.17) is 9.84 Å². The SMILES string of the molecule is CCOC(=O)C1CCCN1C(=O)N1CCCC(C(=O)O)C1. The molecule has 2 unspecified atom stereocenters. The number of nitrogens with zero attached hydrogens (tertiary/aromatic N) is 2. The van der Waals surface area contributed by atoms with E-state index in [2.05, 4.69) is 0 Å². The fourth-order valence-corrected chi connectivity index (χ4v) is 3.01. The molecule has 2 aliphatic rings. The molecule has 7 nitrogen and oxygen atoms in total. The molecule has 21 heavy (non-hydrogen) atoms. The number of carboxylic acids is 1. The molecule has 2 heterocycles. The first-order valence-electron chi connectivity index (χ1n) is 7.49. The van der Waals surface area contributed by atoms with Crippen LogP contribution in [0.4, 0.5) is 4.79 Å². The average Bonchev–Trinajstić information content (AvgIpc) is 2.96. The largest absolute Gasteiger partial charge is 0.481 e. The molecular weight excluding hydrogens is 276 g/mol. The van der Waals surface area contributed by atoms with Crippen molar-refractivity contribution in [2.24, 2.45) is 5.92 Å². The molecule has 0 saturated carbocycles. The second-order valence-corrected chi connectivity index (χ2v) is 5.51. The third-order valence-electron chi connectivity index (χ3n) is 4.10. The molecule has 2 saturated heterocycles. The third-order valence-corrected chi connectivity index (χ3v) is 4.10. The summed E-state index contributed by atoms with van der Waals surface area (Å²) >= 11 is 0. The van der Waals surface area contributed by atoms with Gasteiger partial charge >= 0.3 is 18.0 Å². The number of amides is 2. The van der Waals surface area contributed by atoms with Gasteiger partial charge in [0.15, 0.2) is 0 Å². The van der Waals surface area contributed by atoms with E-state index < -0.39 is 17.9 Å². The van der Waals surface area contributed by atoms with Gasteiger partial charge in [-0.05, 0) is 32.6 Å². The normalized spacial score (nSPS) is 25.8. The molecule has 1 N–H and O–H groups in total. The number of carbonyl (C=O) groups is 3. The maximum atomic E-state index is 12.5. The zero-order valence-electron chi connectivity index (χ0n) is 12.3. The number of piperidine rings is 1. The van der Waals surface area contributed by atoms with E-state index in [1.165, 1.54) is 4.90 Å². The van der Waals surface area contributed by atoms with Gasteiger partial charge in [-0.25, -0.2) is 9.59 Å². The van der Waals surface area contributed by atoms with Crippen LogP contribution < -0.4 is 0 Å². The second kappa shape index (κ2) is 6.78. The molecule has 0 bridgehead atoms. The monoisotopic (exact) mass is 298 g/mol. The summed E-state index contributed by atoms with van der Waals surface area (Å²) in [6.07, 6.45) is 2.66. The Labute approximate surface area is 123 Å². The third kappa shape index (κ3) is 3.46. The number of rotatable bonds is 3. The minimum Gasteiger partial charge on any atom is -0.481 e. The van der Waals surface area contributed by atoms with E-state index in [1.54, 1.807) is 11.8 Å². The summed E-state index contributed by atoms with van der Waals surface area (Å²) in [6.45, 7) is 3.33. The van der Waals surface area contributed by atoms with Crippen LogP contribution in [-0.4, -0.2) is 65.2 Å². The minimum absolute atomic E-state index is 0.222. The van der Waals surface area contributed by atoms with E-state index in [0.29, 0.717) is 39.0 Å². The van der Waals surface area contributed by atoms with E-state index >= 15 is 0 Å². The Balaban J connectivity index is 2.01. The molecule has 0 radical (unpaired) electrons. The van der Waals surface area contributed by atoms with Gasteiger partial charge in [-0.3, -0.25) is 4.79 Å². The molecule has 2 atom stereocenters. The van der Waals surface area contributed by atoms with Crippen LogP contribution in [0, 0.1) is 5.92 Å². The van der Waals surface area contributed by atoms with Crippen molar-refractivity contribution in [2.45, 2.75) is 38.6 Å². The predicted octanol–water partition coefficient (Wildman–Crippen LogP) is 0.930. The second-order valence-electron chi connectivity index (χ2n) is 5.51. The van der Waals surface area contributed by atoms with Crippen molar-refractivity contribution in [1.29, 1.82) is 0 Å². The van der Waals surface area contributed by atoms with Crippen molar-refractivity contribution in [3.05, 3.63) is 0 Å². The lowest BCUT2D eigenvalue weighted by Crippen LogP contribution is -2.52. The van der Waals surface area contributed by atoms with Crippen LogP contribution in [0.25, 0.3) is 0 Å². The van der Waals surface area contributed by atoms with Crippen LogP contribution in [0.5, 0.6) is 0 Å². The highest BCUT2D eigenvalue weighted by molar-refractivity contribution is 5.84. The Morgan fingerprint density at radius 3 is 2.57 bits per heavy atom. The smallest absolute Gasteiger partial charge is 0.328 e. The highest BCUT2D eigenvalue weighted by Gasteiger charge is 2.39. The first kappa shape index (κ1) is 15.6. The topological polar surface area (TPSA) is 87.2 Å². The lowest BCUT2D eigenvalue weighted by molar-refractivity contribution is -0.148. The maximum Gasteiger partial charge on any atom is 0.328 e. The molecular formula is C14H22N2O5. The summed E-state index contributed by atoms with van der Waals surface area (Å²) in [6, 6.07) is -0.765. The molecule has 0 spiro atoms. The number of hydrogen-bond acceptors (Lipinski definition) is 4. The summed E-state index contributed by atoms with van der Waals surface area (Å²) in [7, 11) is 0. The molecule has 7 heteroatoms. The zero-order valence-corrected chi connectivity index (χ0v) is 12.3. The Hall–Kier alpha value is -1.79. The van der Waals surface area contributed by atoms with Crippen molar-refractivity contribution in [3.63, 3.8) is 0 Å². The van der Waals surface area contributed by atoms with Gasteiger partial charge in [0.1, 0.15) is 6.04 Å². The predicted molar refractivity (Wildman–Crippen MR) is 73.7 cm³/mol. The van der Waals surface area contributed by atoms with Crippen LogP contribution in [0.2, 0.25) is 0 Å². The Morgan fingerprint density at radius 1 is 1.19 bits per heavy atom. The average molecular weight is 298 g/mol. The standard InChI is InChI=1S/C14H22N2O5/c1-2-21-13(19)11-6-4-8-16(11)14(20)15-7-3-5-10(9-15)12(17)18/h10-11H,2-9H2,1H3,(H,17,18). The molecule has 118 valence electrons. The Morgan fingerprint density at radius 2 is 1.90 bits per heavy atom. The molecule has 0 aromatic heterocycles. The van der Waals surface area contributed by atoms with Gasteiger partial charge in [-0.15, -0.1) is 0 Å². The van der Waals surface area contributed by atoms with Gasteiger partial charge < -0.3 is 19.6 Å². The lowest BCUT2D eigenvalue weighted by atomic mass is 9.98. The zero-order chi connectivity index (χ0) is 15.4. The first-order valence-corrected chi connectivity index (χ1v) is 7.49. The van der Waals surface area contributed by atoms with Crippen molar-refractivity contribution in [2.75, 3.05) is 26.2 Å². The number of carboxylic acid groups (broad SMARTS) is 1. The van der Waals surface area contributed by atoms with E-state index in [9.17, 15) is 14.4 Å². The highest BCUT2D eigenvalue weighted by Crippen LogP contribution is 2.23. The van der Waals surface area contributed by atoms with E-state index in [-0.39, 0.29) is 18.5 Å². The van der Waals surface area contributed by atoms with Crippen LogP contribution in [0.1, 0.15) is 32.6 Å². The van der Waals surface area contributed by atoms with Gasteiger partial charge in [0.05, 0.1) is 12.5 Å². The van der Waals surface area contributed by atoms with Gasteiger partial charge in [-0.1, -0.05) is 0 Å². The van der Waals surface area contributed by atoms with Crippen LogP contribution >= 0.6 is 0 Å². The van der Waals surface area contributed by atoms with Crippen LogP contribution in [0.3, 0.4) is 0 Å². The summed E-state index contributed by atoms with van der Waals surface area (Å²) in [4.78, 5) is 38.6. The number of hydrogen-bond donors (Lipinski definition) is 1. The van der Waals surface area contributed by atoms with E-state index in [1.807, 2.05) is 0 Å². The number of urea groups is 1. The molecule has 0 aromatic rings. The van der Waals surface area contributed by atoms with Gasteiger partial charge in [0.2, 0.25) is 0 Å². The van der Waals surface area contributed by atoms with Crippen LogP contribution in [0.15, 0.2) is 0 Å². The summed E-state index contributed by atoms with van der Waals surface area (Å²) in [5, 5.41) is 9.09. The number of esters is 1. The van der Waals surface area contributed by atoms with E-state index in [0.717, 1.165) is 6.42 Å². The van der Waals surface area contributed by atoms with Crippen LogP contribution in [-0.2, 0) is 14.3 Å². The lowest BCUT2D eigenvalue weighted by Gasteiger charge is -2.35. The Bertz CT molecular complexity index is 426. The molecule has 2 amide bonds. The highest BCUT2D eigenvalue weighted by atomic mass is 16.5. The number of likely N-dealkylation sites (tertiary alicyclic amines) is 2. The first-order chi connectivity index (χ1) is 10.0. The number of ether oxygens (including phenoxy) is 1. The maximum absolute atomic E-state index is 12.5. The van der Waals surface area contributed by atoms with Crippen molar-refractivity contribution in [1.82, 2.24) is 9.80 Å². The minimum atomic E-state index is -0.865. The molecule has 2 rings (SSSR count). The molecule has 0 aliphatic carbocycles. The summed E-state index contributed by atoms with van der Waals surface area (Å²) in [5.41, 5.74) is 0. The quantitative estimate of drug-likeness (QED) is 0.783. The molecule has 2 aliphatic heterocycles. The van der Waals surface area contributed by atoms with Gasteiger partial charge in [0, 0.05) is 19.6 Å². The van der Waals surface area contributed by atoms with Gasteiger partial charge in [0.25, 0.3) is 0 Å². The van der Waals surface area contributed by atoms with Crippen molar-refractivity contribution in [3.8, 4) is 0 Å². The fourth-order valence-electron chi connectivity index (χ4n) is 3.01. The summed E-state index contributed by atoms with van der Waals surface area (Å²) in [5.74, 6) is -1.74. The fraction of sp³-hybridized carbons (Fsp3) is 0.786. The van der Waals surface area contributed by atoms with Gasteiger partial charge in [-0.2, -0.15) is 0 Å². The number of carbonyl (C=O) groups excluding carboxylic acids is 2. The Kier molecular flexibility index (Phi) is 5.03. The molecule has 0 aromatic carbocycles. The molecule has 2 fully saturated rings. The van der Waals surface area contributed by atoms with Crippen molar-refractivity contribution >= 4 is 18.0 Å².